The van der Waals surface area contributed by atoms with Gasteiger partial charge in [0.25, 0.3) is 0 Å². The second kappa shape index (κ2) is 15.4. The predicted molar refractivity (Wildman–Crippen MR) is 165 cm³/mol. The molecule has 0 bridgehead atoms. The van der Waals surface area contributed by atoms with Crippen molar-refractivity contribution < 1.29 is 38.0 Å². The third kappa shape index (κ3) is 8.57. The topological polar surface area (TPSA) is 143 Å². The Hall–Kier alpha value is -2.87. The van der Waals surface area contributed by atoms with E-state index in [0.29, 0.717) is 37.2 Å². The number of hydrogen-bond acceptors (Lipinski definition) is 6. The lowest BCUT2D eigenvalue weighted by Gasteiger charge is -2.32. The van der Waals surface area contributed by atoms with Crippen molar-refractivity contribution in [3.63, 3.8) is 0 Å². The zero-order valence-electron chi connectivity index (χ0n) is 25.2. The average Bonchev–Trinajstić information content (AvgIpc) is 2.88. The third-order valence-corrected chi connectivity index (χ3v) is 8.46. The molecule has 0 fully saturated rings. The molecule has 0 radical (unpaired) electrons. The average molecular weight is 573 g/mol. The summed E-state index contributed by atoms with van der Waals surface area (Å²) in [5.74, 6) is -1.14. The molecule has 5 N–H and O–H groups in total. The minimum Gasteiger partial charge on any atom is -0.507 e. The number of aryl methyl sites for hydroxylation is 2. The van der Waals surface area contributed by atoms with E-state index in [0.717, 1.165) is 23.1 Å². The quantitative estimate of drug-likeness (QED) is 0.259. The summed E-state index contributed by atoms with van der Waals surface area (Å²) in [6.45, 7) is 9.32. The number of ketones is 3. The molecular weight excluding hydrogens is 520 g/mol. The molecule has 1 aliphatic carbocycles. The van der Waals surface area contributed by atoms with Crippen LogP contribution in [0.4, 0.5) is 0 Å². The Morgan fingerprint density at radius 3 is 2.20 bits per heavy atom. The van der Waals surface area contributed by atoms with Crippen LogP contribution < -0.4 is 0 Å². The molecule has 7 nitrogen and oxygen atoms in total. The van der Waals surface area contributed by atoms with Gasteiger partial charge in [0.1, 0.15) is 17.3 Å². The number of aliphatic hydroxyl groups excluding tert-OH is 2. The number of aliphatic hydroxyl groups is 2. The Bertz CT molecular complexity index is 1210. The molecule has 230 valence electrons. The molecule has 0 amide bonds. The van der Waals surface area contributed by atoms with Crippen LogP contribution in [0.5, 0.6) is 5.75 Å². The largest absolute Gasteiger partial charge is 0.507 e. The van der Waals surface area contributed by atoms with Crippen LogP contribution in [0.3, 0.4) is 0 Å². The molecule has 0 saturated heterocycles. The minimum absolute atomic E-state index is 0. The van der Waals surface area contributed by atoms with Crippen LogP contribution in [0.25, 0.3) is 0 Å². The van der Waals surface area contributed by atoms with Crippen molar-refractivity contribution in [2.45, 2.75) is 91.4 Å². The minimum atomic E-state index is -0.748. The molecule has 0 aliphatic heterocycles. The number of carbonyl (C=O) groups is 3. The van der Waals surface area contributed by atoms with Gasteiger partial charge >= 0.3 is 0 Å². The van der Waals surface area contributed by atoms with Crippen molar-refractivity contribution in [1.82, 2.24) is 0 Å². The number of aromatic hydroxyl groups is 1. The highest BCUT2D eigenvalue weighted by Crippen LogP contribution is 2.42. The Labute approximate surface area is 247 Å². The lowest BCUT2D eigenvalue weighted by Crippen LogP contribution is -2.32. The molecule has 2 aromatic rings. The van der Waals surface area contributed by atoms with Gasteiger partial charge in [0, 0.05) is 21.8 Å². The SMILES string of the molecule is CC(=O)CC(=O)C(CO)C(CCO)CC1CC(=O)c2c(O)c(CCc3ccc(C(C)C)cc3)cc(C(C)C)c2C1.O.[HH].[HH]. The number of fused-ring (bicyclic) bond motifs is 1. The number of benzene rings is 2. The van der Waals surface area contributed by atoms with Crippen molar-refractivity contribution in [3.05, 3.63) is 63.7 Å². The van der Waals surface area contributed by atoms with Gasteiger partial charge in [0.15, 0.2) is 5.78 Å². The molecule has 2 aromatic carbocycles. The van der Waals surface area contributed by atoms with E-state index in [-0.39, 0.29) is 68.6 Å². The highest BCUT2D eigenvalue weighted by atomic mass is 16.3. The summed E-state index contributed by atoms with van der Waals surface area (Å²) in [5.41, 5.74) is 5.62. The van der Waals surface area contributed by atoms with E-state index in [9.17, 15) is 29.7 Å². The molecule has 3 rings (SSSR count). The number of hydrogen-bond donors (Lipinski definition) is 3. The van der Waals surface area contributed by atoms with E-state index in [1.165, 1.54) is 18.1 Å². The van der Waals surface area contributed by atoms with Gasteiger partial charge in [0.2, 0.25) is 0 Å². The molecule has 41 heavy (non-hydrogen) atoms. The number of rotatable bonds is 14. The number of carbonyl (C=O) groups excluding carboxylic acids is 3. The van der Waals surface area contributed by atoms with Gasteiger partial charge in [0.05, 0.1) is 18.6 Å². The molecule has 3 unspecified atom stereocenters. The van der Waals surface area contributed by atoms with Crippen LogP contribution in [0.15, 0.2) is 30.3 Å². The first kappa shape index (κ1) is 34.3. The van der Waals surface area contributed by atoms with Crippen LogP contribution in [0, 0.1) is 17.8 Å². The van der Waals surface area contributed by atoms with Gasteiger partial charge < -0.3 is 20.8 Å². The third-order valence-electron chi connectivity index (χ3n) is 8.46. The summed E-state index contributed by atoms with van der Waals surface area (Å²) < 4.78 is 0. The fraction of sp³-hybridized carbons (Fsp3) is 0.559. The number of phenolic OH excluding ortho intramolecular Hbond substituents is 1. The van der Waals surface area contributed by atoms with Gasteiger partial charge in [-0.1, -0.05) is 58.0 Å². The zero-order valence-corrected chi connectivity index (χ0v) is 25.2. The normalized spacial score (nSPS) is 16.3. The first-order chi connectivity index (χ1) is 19.0. The smallest absolute Gasteiger partial charge is 0.167 e. The van der Waals surface area contributed by atoms with Crippen molar-refractivity contribution in [2.24, 2.45) is 17.8 Å². The van der Waals surface area contributed by atoms with E-state index >= 15 is 0 Å². The zero-order chi connectivity index (χ0) is 29.6. The van der Waals surface area contributed by atoms with E-state index < -0.39 is 12.5 Å². The summed E-state index contributed by atoms with van der Waals surface area (Å²) in [6.07, 6.45) is 2.76. The maximum Gasteiger partial charge on any atom is 0.167 e. The standard InChI is InChI=1S/C34H46O6.H2O.2H2/c1-20(2)25-9-6-23(7-10-25)8-11-27-18-28(21(3)4)29-16-24(17-32(39)33(29)34(27)40)15-26(12-13-35)30(19-36)31(38)14-22(5)37;;;/h6-7,9-10,18,20-21,24,26,30,35-36,40H,8,11-17,19H2,1-5H3;1H2;2*1H. The monoisotopic (exact) mass is 572 g/mol. The Morgan fingerprint density at radius 2 is 1.66 bits per heavy atom. The second-order valence-corrected chi connectivity index (χ2v) is 12.2. The molecule has 0 aromatic heterocycles. The highest BCUT2D eigenvalue weighted by Gasteiger charge is 2.35. The Balaban J connectivity index is 0.00000588. The van der Waals surface area contributed by atoms with Gasteiger partial charge in [-0.15, -0.1) is 0 Å². The van der Waals surface area contributed by atoms with E-state index in [2.05, 4.69) is 58.0 Å². The molecule has 0 spiro atoms. The second-order valence-electron chi connectivity index (χ2n) is 12.2. The number of phenols is 1. The van der Waals surface area contributed by atoms with E-state index in [1.807, 2.05) is 0 Å². The van der Waals surface area contributed by atoms with Crippen LogP contribution in [0.2, 0.25) is 0 Å². The van der Waals surface area contributed by atoms with Gasteiger partial charge in [-0.25, -0.2) is 0 Å². The maximum atomic E-state index is 13.5. The first-order valence-electron chi connectivity index (χ1n) is 14.7. The molecule has 0 heterocycles. The Morgan fingerprint density at radius 1 is 1.00 bits per heavy atom. The highest BCUT2D eigenvalue weighted by molar-refractivity contribution is 6.02. The fourth-order valence-corrected chi connectivity index (χ4v) is 6.22. The summed E-state index contributed by atoms with van der Waals surface area (Å²) in [6, 6.07) is 10.6. The van der Waals surface area contributed by atoms with E-state index in [4.69, 9.17) is 0 Å². The molecule has 0 saturated carbocycles. The van der Waals surface area contributed by atoms with Crippen molar-refractivity contribution in [1.29, 1.82) is 0 Å². The fourth-order valence-electron chi connectivity index (χ4n) is 6.22. The summed E-state index contributed by atoms with van der Waals surface area (Å²) in [4.78, 5) is 37.7. The van der Waals surface area contributed by atoms with Crippen molar-refractivity contribution >= 4 is 17.3 Å². The lowest BCUT2D eigenvalue weighted by molar-refractivity contribution is -0.131. The van der Waals surface area contributed by atoms with Crippen molar-refractivity contribution in [2.75, 3.05) is 13.2 Å². The van der Waals surface area contributed by atoms with E-state index in [1.54, 1.807) is 0 Å². The van der Waals surface area contributed by atoms with Crippen molar-refractivity contribution in [3.8, 4) is 5.75 Å². The van der Waals surface area contributed by atoms with Gasteiger partial charge in [-0.05, 0) is 90.5 Å². The predicted octanol–water partition coefficient (Wildman–Crippen LogP) is 5.38. The molecule has 3 atom stereocenters. The summed E-state index contributed by atoms with van der Waals surface area (Å²) in [5, 5.41) is 30.9. The summed E-state index contributed by atoms with van der Waals surface area (Å²) >= 11 is 0. The van der Waals surface area contributed by atoms with Gasteiger partial charge in [-0.3, -0.25) is 14.4 Å². The molecular formula is C34H52O7. The molecule has 1 aliphatic rings. The Kier molecular flexibility index (Phi) is 12.9. The number of Topliss-reactive ketones (excluding diaryl/α,β-unsaturated/α-hetero) is 3. The maximum absolute atomic E-state index is 13.5. The van der Waals surface area contributed by atoms with Crippen LogP contribution in [0.1, 0.15) is 113 Å². The molecule has 7 heteroatoms. The summed E-state index contributed by atoms with van der Waals surface area (Å²) in [7, 11) is 0. The van der Waals surface area contributed by atoms with Crippen LogP contribution in [-0.4, -0.2) is 51.4 Å². The van der Waals surface area contributed by atoms with Gasteiger partial charge in [-0.2, -0.15) is 0 Å². The van der Waals surface area contributed by atoms with Crippen LogP contribution in [-0.2, 0) is 28.9 Å². The lowest BCUT2D eigenvalue weighted by atomic mass is 9.71. The first-order valence-corrected chi connectivity index (χ1v) is 14.7. The van der Waals surface area contributed by atoms with Crippen LogP contribution >= 0.6 is 0 Å².